The molecule has 2 rings (SSSR count). The molecule has 0 spiro atoms. The van der Waals surface area contributed by atoms with Gasteiger partial charge in [0.1, 0.15) is 11.3 Å². The van der Waals surface area contributed by atoms with Gasteiger partial charge in [-0.25, -0.2) is 4.98 Å². The van der Waals surface area contributed by atoms with Gasteiger partial charge in [-0.05, 0) is 6.42 Å². The van der Waals surface area contributed by atoms with Crippen LogP contribution >= 0.6 is 11.6 Å². The van der Waals surface area contributed by atoms with E-state index in [0.717, 1.165) is 12.3 Å². The first-order chi connectivity index (χ1) is 9.93. The second kappa shape index (κ2) is 6.04. The summed E-state index contributed by atoms with van der Waals surface area (Å²) in [5.41, 5.74) is -0.358. The zero-order valence-electron chi connectivity index (χ0n) is 11.1. The van der Waals surface area contributed by atoms with Crippen LogP contribution < -0.4 is 0 Å². The predicted molar refractivity (Wildman–Crippen MR) is 71.9 cm³/mol. The molecule has 0 bridgehead atoms. The number of halogens is 1. The van der Waals surface area contributed by atoms with Crippen LogP contribution in [0.4, 0.5) is 5.69 Å². The van der Waals surface area contributed by atoms with Crippen LogP contribution in [0.5, 0.6) is 0 Å². The Kier molecular flexibility index (Phi) is 4.37. The molecule has 1 unspecified atom stereocenters. The summed E-state index contributed by atoms with van der Waals surface area (Å²) in [6.07, 6.45) is 1.47. The molecular formula is C12H12ClN3O5. The Bertz CT molecular complexity index is 607. The van der Waals surface area contributed by atoms with E-state index in [1.165, 1.54) is 12.0 Å². The van der Waals surface area contributed by atoms with Gasteiger partial charge < -0.3 is 9.64 Å². The molecule has 0 aromatic carbocycles. The lowest BCUT2D eigenvalue weighted by atomic mass is 10.1. The van der Waals surface area contributed by atoms with Crippen LogP contribution in [-0.4, -0.2) is 46.9 Å². The van der Waals surface area contributed by atoms with Gasteiger partial charge in [0, 0.05) is 19.2 Å². The zero-order chi connectivity index (χ0) is 15.6. The van der Waals surface area contributed by atoms with Crippen LogP contribution in [-0.2, 0) is 9.53 Å². The number of aromatic nitrogens is 1. The average molecular weight is 314 g/mol. The van der Waals surface area contributed by atoms with Crippen molar-refractivity contribution >= 4 is 29.2 Å². The van der Waals surface area contributed by atoms with Gasteiger partial charge >= 0.3 is 5.97 Å². The van der Waals surface area contributed by atoms with Crippen molar-refractivity contribution in [1.82, 2.24) is 9.88 Å². The van der Waals surface area contributed by atoms with Gasteiger partial charge in [-0.3, -0.25) is 19.7 Å². The molecule has 0 radical (unpaired) electrons. The molecule has 1 saturated heterocycles. The van der Waals surface area contributed by atoms with Crippen molar-refractivity contribution < 1.29 is 19.2 Å². The molecular weight excluding hydrogens is 302 g/mol. The van der Waals surface area contributed by atoms with Gasteiger partial charge in [-0.1, -0.05) is 11.6 Å². The van der Waals surface area contributed by atoms with E-state index in [-0.39, 0.29) is 34.8 Å². The SMILES string of the molecule is COC(=O)C1CCN(C(=O)c2cc([N+](=O)[O-])cnc2Cl)C1. The fourth-order valence-corrected chi connectivity index (χ4v) is 2.35. The second-order valence-corrected chi connectivity index (χ2v) is 4.91. The topological polar surface area (TPSA) is 103 Å². The molecule has 9 heteroatoms. The van der Waals surface area contributed by atoms with Crippen molar-refractivity contribution in [1.29, 1.82) is 0 Å². The highest BCUT2D eigenvalue weighted by Gasteiger charge is 2.33. The first-order valence-electron chi connectivity index (χ1n) is 6.11. The summed E-state index contributed by atoms with van der Waals surface area (Å²) < 4.78 is 4.64. The quantitative estimate of drug-likeness (QED) is 0.360. The van der Waals surface area contributed by atoms with Crippen LogP contribution in [0, 0.1) is 16.0 Å². The minimum Gasteiger partial charge on any atom is -0.469 e. The standard InChI is InChI=1S/C12H12ClN3O5/c1-21-12(18)7-2-3-15(6-7)11(17)9-4-8(16(19)20)5-14-10(9)13/h4-5,7H,2-3,6H2,1H3. The summed E-state index contributed by atoms with van der Waals surface area (Å²) in [6.45, 7) is 0.558. The maximum absolute atomic E-state index is 12.3. The van der Waals surface area contributed by atoms with E-state index in [9.17, 15) is 19.7 Å². The molecule has 0 aliphatic carbocycles. The van der Waals surface area contributed by atoms with Gasteiger partial charge in [-0.2, -0.15) is 0 Å². The number of ether oxygens (including phenoxy) is 1. The van der Waals surface area contributed by atoms with Crippen LogP contribution in [0.25, 0.3) is 0 Å². The monoisotopic (exact) mass is 313 g/mol. The third kappa shape index (κ3) is 3.10. The molecule has 1 aromatic rings. The number of nitro groups is 1. The summed E-state index contributed by atoms with van der Waals surface area (Å²) in [4.78, 5) is 38.9. The predicted octanol–water partition coefficient (Wildman–Crippen LogP) is 1.28. The van der Waals surface area contributed by atoms with E-state index in [0.29, 0.717) is 13.0 Å². The average Bonchev–Trinajstić information content (AvgIpc) is 2.95. The van der Waals surface area contributed by atoms with Gasteiger partial charge in [-0.15, -0.1) is 0 Å². The van der Waals surface area contributed by atoms with Crippen LogP contribution in [0.2, 0.25) is 5.15 Å². The number of carbonyl (C=O) groups is 2. The highest BCUT2D eigenvalue weighted by molar-refractivity contribution is 6.32. The number of methoxy groups -OCH3 is 1. The maximum Gasteiger partial charge on any atom is 0.310 e. The Labute approximate surface area is 124 Å². The normalized spacial score (nSPS) is 17.6. The third-order valence-electron chi connectivity index (χ3n) is 3.28. The summed E-state index contributed by atoms with van der Waals surface area (Å²) in [6, 6.07) is 1.09. The van der Waals surface area contributed by atoms with Crippen molar-refractivity contribution in [3.05, 3.63) is 33.1 Å². The lowest BCUT2D eigenvalue weighted by Crippen LogP contribution is -2.30. The van der Waals surface area contributed by atoms with Gasteiger partial charge in [0.15, 0.2) is 0 Å². The molecule has 1 atom stereocenters. The lowest BCUT2D eigenvalue weighted by Gasteiger charge is -2.16. The number of pyridine rings is 1. The number of likely N-dealkylation sites (tertiary alicyclic amines) is 1. The van der Waals surface area contributed by atoms with Crippen molar-refractivity contribution in [2.45, 2.75) is 6.42 Å². The molecule has 0 saturated carbocycles. The van der Waals surface area contributed by atoms with E-state index in [2.05, 4.69) is 9.72 Å². The van der Waals surface area contributed by atoms with Crippen molar-refractivity contribution in [3.63, 3.8) is 0 Å². The fourth-order valence-electron chi connectivity index (χ4n) is 2.16. The van der Waals surface area contributed by atoms with Crippen molar-refractivity contribution in [2.75, 3.05) is 20.2 Å². The molecule has 0 N–H and O–H groups in total. The van der Waals surface area contributed by atoms with Crippen molar-refractivity contribution in [2.24, 2.45) is 5.92 Å². The Morgan fingerprint density at radius 1 is 1.57 bits per heavy atom. The number of rotatable bonds is 3. The molecule has 21 heavy (non-hydrogen) atoms. The second-order valence-electron chi connectivity index (χ2n) is 4.55. The molecule has 112 valence electrons. The number of amides is 1. The fraction of sp³-hybridized carbons (Fsp3) is 0.417. The molecule has 8 nitrogen and oxygen atoms in total. The van der Waals surface area contributed by atoms with E-state index < -0.39 is 10.8 Å². The number of esters is 1. The maximum atomic E-state index is 12.3. The molecule has 1 aliphatic rings. The molecule has 1 aromatic heterocycles. The minimum atomic E-state index is -0.651. The number of carbonyl (C=O) groups excluding carboxylic acids is 2. The van der Waals surface area contributed by atoms with Crippen LogP contribution in [0.3, 0.4) is 0 Å². The van der Waals surface area contributed by atoms with Crippen LogP contribution in [0.1, 0.15) is 16.8 Å². The van der Waals surface area contributed by atoms with E-state index in [4.69, 9.17) is 11.6 Å². The Morgan fingerprint density at radius 3 is 2.90 bits per heavy atom. The Balaban J connectivity index is 2.19. The molecule has 1 amide bonds. The minimum absolute atomic E-state index is 0.0450. The van der Waals surface area contributed by atoms with E-state index in [1.54, 1.807) is 0 Å². The van der Waals surface area contributed by atoms with Gasteiger partial charge in [0.25, 0.3) is 11.6 Å². The largest absolute Gasteiger partial charge is 0.469 e. The first-order valence-corrected chi connectivity index (χ1v) is 6.49. The Morgan fingerprint density at radius 2 is 2.29 bits per heavy atom. The van der Waals surface area contributed by atoms with Gasteiger partial charge in [0.2, 0.25) is 0 Å². The lowest BCUT2D eigenvalue weighted by molar-refractivity contribution is -0.385. The third-order valence-corrected chi connectivity index (χ3v) is 3.58. The summed E-state index contributed by atoms with van der Waals surface area (Å²) in [5, 5.41) is 10.6. The van der Waals surface area contributed by atoms with Gasteiger partial charge in [0.05, 0.1) is 23.5 Å². The molecule has 2 heterocycles. The smallest absolute Gasteiger partial charge is 0.310 e. The van der Waals surface area contributed by atoms with Crippen LogP contribution in [0.15, 0.2) is 12.3 Å². The summed E-state index contributed by atoms with van der Waals surface area (Å²) >= 11 is 5.83. The molecule has 1 fully saturated rings. The van der Waals surface area contributed by atoms with E-state index in [1.807, 2.05) is 0 Å². The Hall–Kier alpha value is -2.22. The molecule has 1 aliphatic heterocycles. The first kappa shape index (κ1) is 15.2. The van der Waals surface area contributed by atoms with Crippen molar-refractivity contribution in [3.8, 4) is 0 Å². The van der Waals surface area contributed by atoms with E-state index >= 15 is 0 Å². The highest BCUT2D eigenvalue weighted by atomic mass is 35.5. The summed E-state index contributed by atoms with van der Waals surface area (Å²) in [7, 11) is 1.29. The number of hydrogen-bond acceptors (Lipinski definition) is 6. The highest BCUT2D eigenvalue weighted by Crippen LogP contribution is 2.24. The zero-order valence-corrected chi connectivity index (χ0v) is 11.9. The number of nitrogens with zero attached hydrogens (tertiary/aromatic N) is 3. The number of hydrogen-bond donors (Lipinski definition) is 0. The summed E-state index contributed by atoms with van der Waals surface area (Å²) in [5.74, 6) is -1.25.